The quantitative estimate of drug-likeness (QED) is 0.616. The van der Waals surface area contributed by atoms with E-state index in [9.17, 15) is 4.79 Å². The average Bonchev–Trinajstić information content (AvgIpc) is 2.03. The summed E-state index contributed by atoms with van der Waals surface area (Å²) in [6.07, 6.45) is 2.10. The van der Waals surface area contributed by atoms with Crippen molar-refractivity contribution in [3.63, 3.8) is 0 Å². The summed E-state index contributed by atoms with van der Waals surface area (Å²) < 4.78 is 5.17. The van der Waals surface area contributed by atoms with Crippen LogP contribution in [0, 0.1) is 5.92 Å². The zero-order valence-electron chi connectivity index (χ0n) is 6.38. The van der Waals surface area contributed by atoms with E-state index in [1.165, 1.54) is 0 Å². The maximum atomic E-state index is 10.4. The Morgan fingerprint density at radius 3 is 2.73 bits per heavy atom. The standard InChI is InChI=1S/C7H13NO2S/c9-7(11)8-5-6-1-3-10-4-2-6/h6H,1-5H2,(H2,8,9,11). The number of amides is 1. The molecule has 0 saturated carbocycles. The lowest BCUT2D eigenvalue weighted by molar-refractivity contribution is 0.0672. The van der Waals surface area contributed by atoms with E-state index in [1.54, 1.807) is 0 Å². The van der Waals surface area contributed by atoms with Crippen molar-refractivity contribution in [2.24, 2.45) is 5.92 Å². The Morgan fingerprint density at radius 2 is 2.18 bits per heavy atom. The van der Waals surface area contributed by atoms with Gasteiger partial charge in [0.25, 0.3) is 5.24 Å². The molecular formula is C7H13NO2S. The molecular weight excluding hydrogens is 162 g/mol. The topological polar surface area (TPSA) is 38.3 Å². The first kappa shape index (κ1) is 8.87. The average molecular weight is 175 g/mol. The molecule has 0 spiro atoms. The number of carbonyl (C=O) groups is 1. The minimum Gasteiger partial charge on any atom is -0.381 e. The molecule has 0 radical (unpaired) electrons. The van der Waals surface area contributed by atoms with Crippen molar-refractivity contribution < 1.29 is 9.53 Å². The maximum Gasteiger partial charge on any atom is 0.275 e. The molecule has 1 aliphatic heterocycles. The zero-order valence-corrected chi connectivity index (χ0v) is 7.27. The van der Waals surface area contributed by atoms with Crippen molar-refractivity contribution in [1.82, 2.24) is 5.32 Å². The summed E-state index contributed by atoms with van der Waals surface area (Å²) in [5, 5.41) is 2.45. The molecule has 1 fully saturated rings. The largest absolute Gasteiger partial charge is 0.381 e. The predicted molar refractivity (Wildman–Crippen MR) is 45.9 cm³/mol. The molecule has 0 aromatic carbocycles. The second-order valence-electron chi connectivity index (χ2n) is 2.74. The van der Waals surface area contributed by atoms with Crippen LogP contribution in [0.1, 0.15) is 12.8 Å². The number of hydrogen-bond donors (Lipinski definition) is 2. The summed E-state index contributed by atoms with van der Waals surface area (Å²) in [7, 11) is 0. The van der Waals surface area contributed by atoms with Gasteiger partial charge >= 0.3 is 0 Å². The van der Waals surface area contributed by atoms with E-state index < -0.39 is 0 Å². The molecule has 11 heavy (non-hydrogen) atoms. The fourth-order valence-corrected chi connectivity index (χ4v) is 1.27. The van der Waals surface area contributed by atoms with Gasteiger partial charge in [-0.05, 0) is 18.8 Å². The molecule has 0 bridgehead atoms. The smallest absolute Gasteiger partial charge is 0.275 e. The van der Waals surface area contributed by atoms with Crippen molar-refractivity contribution in [1.29, 1.82) is 0 Å². The molecule has 1 amide bonds. The van der Waals surface area contributed by atoms with Crippen LogP contribution in [0.15, 0.2) is 0 Å². The fraction of sp³-hybridized carbons (Fsp3) is 0.857. The molecule has 64 valence electrons. The summed E-state index contributed by atoms with van der Waals surface area (Å²) in [4.78, 5) is 10.4. The first-order valence-corrected chi connectivity index (χ1v) is 4.28. The Hall–Kier alpha value is -0.220. The monoisotopic (exact) mass is 175 g/mol. The normalized spacial score (nSPS) is 19.7. The van der Waals surface area contributed by atoms with Gasteiger partial charge in [-0.3, -0.25) is 4.79 Å². The Labute approximate surface area is 71.9 Å². The van der Waals surface area contributed by atoms with Gasteiger partial charge in [-0.1, -0.05) is 12.6 Å². The van der Waals surface area contributed by atoms with Crippen LogP contribution < -0.4 is 5.32 Å². The van der Waals surface area contributed by atoms with E-state index in [-0.39, 0.29) is 5.24 Å². The lowest BCUT2D eigenvalue weighted by Gasteiger charge is -2.21. The Balaban J connectivity index is 2.09. The van der Waals surface area contributed by atoms with Gasteiger partial charge in [-0.15, -0.1) is 0 Å². The molecule has 1 saturated heterocycles. The van der Waals surface area contributed by atoms with Gasteiger partial charge in [-0.2, -0.15) is 0 Å². The van der Waals surface area contributed by atoms with Crippen LogP contribution in [-0.2, 0) is 4.74 Å². The van der Waals surface area contributed by atoms with E-state index in [4.69, 9.17) is 4.74 Å². The van der Waals surface area contributed by atoms with Gasteiger partial charge in [0.1, 0.15) is 0 Å². The fourth-order valence-electron chi connectivity index (χ4n) is 1.18. The third-order valence-corrected chi connectivity index (χ3v) is 2.04. The highest BCUT2D eigenvalue weighted by atomic mass is 32.1. The SMILES string of the molecule is O=C(S)NCC1CCOCC1. The number of nitrogens with one attached hydrogen (secondary N) is 1. The highest BCUT2D eigenvalue weighted by Crippen LogP contribution is 2.12. The van der Waals surface area contributed by atoms with E-state index >= 15 is 0 Å². The lowest BCUT2D eigenvalue weighted by atomic mass is 10.0. The number of carbonyl (C=O) groups excluding carboxylic acids is 1. The van der Waals surface area contributed by atoms with Gasteiger partial charge in [-0.25, -0.2) is 0 Å². The van der Waals surface area contributed by atoms with Gasteiger partial charge in [0.2, 0.25) is 0 Å². The highest BCUT2D eigenvalue weighted by molar-refractivity contribution is 7.96. The number of ether oxygens (including phenoxy) is 1. The molecule has 1 heterocycles. The summed E-state index contributed by atoms with van der Waals surface area (Å²) >= 11 is 3.62. The highest BCUT2D eigenvalue weighted by Gasteiger charge is 2.13. The Morgan fingerprint density at radius 1 is 1.55 bits per heavy atom. The van der Waals surface area contributed by atoms with Crippen LogP contribution in [0.5, 0.6) is 0 Å². The maximum absolute atomic E-state index is 10.4. The van der Waals surface area contributed by atoms with Crippen LogP contribution in [0.3, 0.4) is 0 Å². The number of rotatable bonds is 2. The molecule has 1 aliphatic rings. The van der Waals surface area contributed by atoms with Crippen molar-refractivity contribution in [3.8, 4) is 0 Å². The molecule has 0 aromatic rings. The van der Waals surface area contributed by atoms with Crippen molar-refractivity contribution >= 4 is 17.9 Å². The number of hydrogen-bond acceptors (Lipinski definition) is 2. The molecule has 0 atom stereocenters. The third-order valence-electron chi connectivity index (χ3n) is 1.88. The van der Waals surface area contributed by atoms with Crippen LogP contribution in [0.2, 0.25) is 0 Å². The van der Waals surface area contributed by atoms with E-state index in [1.807, 2.05) is 0 Å². The summed E-state index contributed by atoms with van der Waals surface area (Å²) in [6, 6.07) is 0. The van der Waals surface area contributed by atoms with Gasteiger partial charge in [0.05, 0.1) is 0 Å². The Bertz CT molecular complexity index is 134. The molecule has 0 aliphatic carbocycles. The van der Waals surface area contributed by atoms with E-state index in [2.05, 4.69) is 17.9 Å². The summed E-state index contributed by atoms with van der Waals surface area (Å²) in [5.74, 6) is 0.583. The first-order chi connectivity index (χ1) is 5.29. The van der Waals surface area contributed by atoms with Gasteiger partial charge in [0, 0.05) is 19.8 Å². The van der Waals surface area contributed by atoms with Crippen LogP contribution >= 0.6 is 12.6 Å². The second kappa shape index (κ2) is 4.62. The molecule has 1 rings (SSSR count). The third kappa shape index (κ3) is 3.62. The predicted octanol–water partition coefficient (Wildman–Crippen LogP) is 1.05. The lowest BCUT2D eigenvalue weighted by Crippen LogP contribution is -2.29. The van der Waals surface area contributed by atoms with Gasteiger partial charge in [0.15, 0.2) is 0 Å². The molecule has 0 aromatic heterocycles. The zero-order chi connectivity index (χ0) is 8.10. The molecule has 1 N–H and O–H groups in total. The van der Waals surface area contributed by atoms with Crippen molar-refractivity contribution in [2.75, 3.05) is 19.8 Å². The number of thiol groups is 1. The van der Waals surface area contributed by atoms with E-state index in [0.29, 0.717) is 5.92 Å². The first-order valence-electron chi connectivity index (χ1n) is 3.83. The van der Waals surface area contributed by atoms with Crippen molar-refractivity contribution in [2.45, 2.75) is 12.8 Å². The molecule has 3 nitrogen and oxygen atoms in total. The molecule has 0 unspecified atom stereocenters. The summed E-state index contributed by atoms with van der Waals surface area (Å²) in [5.41, 5.74) is 0. The van der Waals surface area contributed by atoms with Crippen LogP contribution in [0.4, 0.5) is 4.79 Å². The summed E-state index contributed by atoms with van der Waals surface area (Å²) in [6.45, 7) is 2.39. The van der Waals surface area contributed by atoms with E-state index in [0.717, 1.165) is 32.6 Å². The minimum absolute atomic E-state index is 0.239. The Kier molecular flexibility index (Phi) is 3.72. The van der Waals surface area contributed by atoms with Crippen LogP contribution in [-0.4, -0.2) is 25.0 Å². The van der Waals surface area contributed by atoms with Gasteiger partial charge < -0.3 is 10.1 Å². The molecule has 4 heteroatoms. The second-order valence-corrected chi connectivity index (χ2v) is 3.15. The van der Waals surface area contributed by atoms with Crippen LogP contribution in [0.25, 0.3) is 0 Å². The van der Waals surface area contributed by atoms with Crippen molar-refractivity contribution in [3.05, 3.63) is 0 Å². The minimum atomic E-state index is -0.239.